The van der Waals surface area contributed by atoms with E-state index in [0.717, 1.165) is 67.3 Å². The Hall–Kier alpha value is -7.56. The first-order valence-electron chi connectivity index (χ1n) is 20.9. The van der Waals surface area contributed by atoms with Crippen LogP contribution in [-0.4, -0.2) is 104 Å². The van der Waals surface area contributed by atoms with Crippen molar-refractivity contribution < 1.29 is 38.2 Å². The number of rotatable bonds is 16. The zero-order chi connectivity index (χ0) is 45.1. The van der Waals surface area contributed by atoms with Crippen molar-refractivity contribution in [2.45, 2.75) is 63.3 Å². The van der Waals surface area contributed by atoms with Gasteiger partial charge in [-0.15, -0.1) is 0 Å². The van der Waals surface area contributed by atoms with Crippen molar-refractivity contribution in [3.8, 4) is 0 Å². The molecule has 2 fully saturated rings. The molecule has 328 valence electrons. The zero-order valence-corrected chi connectivity index (χ0v) is 35.3. The van der Waals surface area contributed by atoms with Gasteiger partial charge in [0.25, 0.3) is 11.8 Å². The molecule has 0 bridgehead atoms. The second-order valence-corrected chi connectivity index (χ2v) is 16.1. The molecule has 4 atom stereocenters. The zero-order valence-electron chi connectivity index (χ0n) is 35.3. The number of hydrogen-bond donors (Lipinski definition) is 4. The van der Waals surface area contributed by atoms with E-state index < -0.39 is 36.5 Å². The number of urea groups is 2. The Kier molecular flexibility index (Phi) is 12.4. The van der Waals surface area contributed by atoms with Crippen molar-refractivity contribution in [1.29, 1.82) is 0 Å². The van der Waals surface area contributed by atoms with Gasteiger partial charge in [0, 0.05) is 86.1 Å². The molecule has 16 heteroatoms. The first-order chi connectivity index (χ1) is 30.8. The highest BCUT2D eigenvalue weighted by atomic mass is 16.6. The highest BCUT2D eigenvalue weighted by molar-refractivity contribution is 6.05. The average Bonchev–Trinajstić information content (AvgIpc) is 3.98. The second kappa shape index (κ2) is 18.4. The molecule has 2 saturated heterocycles. The van der Waals surface area contributed by atoms with Crippen LogP contribution >= 0.6 is 0 Å². The molecular formula is C48H48N8O8. The van der Waals surface area contributed by atoms with E-state index in [0.29, 0.717) is 12.8 Å². The lowest BCUT2D eigenvalue weighted by molar-refractivity contribution is -0.145. The number of nitrogens with one attached hydrogen (secondary N) is 2. The maximum absolute atomic E-state index is 13.4. The maximum atomic E-state index is 13.4. The number of nitrogens with zero attached hydrogens (tertiary/aromatic N) is 4. The van der Waals surface area contributed by atoms with Gasteiger partial charge >= 0.3 is 24.0 Å². The fourth-order valence-corrected chi connectivity index (χ4v) is 8.32. The van der Waals surface area contributed by atoms with Gasteiger partial charge < -0.3 is 29.2 Å². The molecule has 6 aromatic rings. The standard InChI is InChI=1S/C48H48N8O8/c1-53-39(45(59)55(47(53)61)27-29-9-5-3-6-10-29)21-31-13-15-37-35(19-31)33(25-51-37)23-41(49)63-43(57)17-18-44(58)64-42(50)24-34-26-52-38-16-14-32(20-36(34)38)22-40-46(60)56(48(62)54(40)2)28-30-11-7-4-8-12-30/h3-20,25-26,39-42,51-52H,21-24,27-28,49-50H2,1-2H3/b18-17-. The van der Waals surface area contributed by atoms with Gasteiger partial charge in [-0.25, -0.2) is 19.2 Å². The Labute approximate surface area is 368 Å². The minimum atomic E-state index is -1.06. The summed E-state index contributed by atoms with van der Waals surface area (Å²) in [4.78, 5) is 90.0. The van der Waals surface area contributed by atoms with E-state index in [1.807, 2.05) is 97.1 Å². The van der Waals surface area contributed by atoms with Crippen LogP contribution in [0.25, 0.3) is 21.8 Å². The molecule has 0 radical (unpaired) electrons. The number of nitrogens with two attached hydrogens (primary N) is 2. The summed E-state index contributed by atoms with van der Waals surface area (Å²) in [5.74, 6) is -2.24. The lowest BCUT2D eigenvalue weighted by atomic mass is 10.0. The van der Waals surface area contributed by atoms with Crippen molar-refractivity contribution >= 4 is 57.6 Å². The number of hydrogen-bond acceptors (Lipinski definition) is 10. The Morgan fingerprint density at radius 3 is 1.38 bits per heavy atom. The van der Waals surface area contributed by atoms with Crippen LogP contribution in [0.3, 0.4) is 0 Å². The molecule has 2 aliphatic heterocycles. The predicted octanol–water partition coefficient (Wildman–Crippen LogP) is 4.66. The highest BCUT2D eigenvalue weighted by Crippen LogP contribution is 2.28. The number of H-pyrrole nitrogens is 2. The van der Waals surface area contributed by atoms with Crippen LogP contribution in [0.4, 0.5) is 9.59 Å². The molecule has 4 heterocycles. The second-order valence-electron chi connectivity index (χ2n) is 16.1. The Balaban J connectivity index is 0.822. The van der Waals surface area contributed by atoms with Gasteiger partial charge in [0.2, 0.25) is 0 Å². The molecule has 2 aromatic heterocycles. The van der Waals surface area contributed by atoms with Gasteiger partial charge in [-0.2, -0.15) is 0 Å². The number of carbonyl (C=O) groups is 6. The first kappa shape index (κ1) is 43.1. The fourth-order valence-electron chi connectivity index (χ4n) is 8.32. The third-order valence-electron chi connectivity index (χ3n) is 11.7. The van der Waals surface area contributed by atoms with Gasteiger partial charge in [0.15, 0.2) is 12.5 Å². The van der Waals surface area contributed by atoms with Crippen molar-refractivity contribution in [3.63, 3.8) is 0 Å². The smallest absolute Gasteiger partial charge is 0.332 e. The summed E-state index contributed by atoms with van der Waals surface area (Å²) in [5.41, 5.74) is 19.0. The van der Waals surface area contributed by atoms with Crippen LogP contribution in [0, 0.1) is 0 Å². The van der Waals surface area contributed by atoms with Gasteiger partial charge in [-0.3, -0.25) is 30.9 Å². The summed E-state index contributed by atoms with van der Waals surface area (Å²) in [5, 5.41) is 1.64. The maximum Gasteiger partial charge on any atom is 0.332 e. The number of ether oxygens (including phenoxy) is 2. The normalized spacial score (nSPS) is 17.7. The van der Waals surface area contributed by atoms with Crippen LogP contribution in [-0.2, 0) is 67.4 Å². The lowest BCUT2D eigenvalue weighted by Crippen LogP contribution is -2.33. The largest absolute Gasteiger partial charge is 0.443 e. The van der Waals surface area contributed by atoms with Gasteiger partial charge in [-0.1, -0.05) is 72.8 Å². The number of esters is 2. The molecule has 4 aromatic carbocycles. The molecule has 6 amide bonds. The van der Waals surface area contributed by atoms with E-state index in [-0.39, 0.29) is 49.8 Å². The third kappa shape index (κ3) is 9.28. The number of likely N-dealkylation sites (N-methyl/N-ethyl adjacent to an activating group) is 2. The molecule has 2 aliphatic rings. The van der Waals surface area contributed by atoms with Crippen molar-refractivity contribution in [2.24, 2.45) is 11.5 Å². The minimum absolute atomic E-state index is 0.148. The molecule has 0 saturated carbocycles. The third-order valence-corrected chi connectivity index (χ3v) is 11.7. The number of aromatic amines is 2. The number of benzene rings is 4. The van der Waals surface area contributed by atoms with Crippen LogP contribution < -0.4 is 11.5 Å². The van der Waals surface area contributed by atoms with Crippen LogP contribution in [0.5, 0.6) is 0 Å². The topological polar surface area (TPSA) is 217 Å². The molecule has 64 heavy (non-hydrogen) atoms. The molecule has 4 unspecified atom stereocenters. The quantitative estimate of drug-likeness (QED) is 0.0457. The summed E-state index contributed by atoms with van der Waals surface area (Å²) in [6.45, 7) is 0.392. The number of carbonyl (C=O) groups excluding carboxylic acids is 6. The van der Waals surface area contributed by atoms with E-state index in [1.165, 1.54) is 19.6 Å². The van der Waals surface area contributed by atoms with Crippen LogP contribution in [0.1, 0.15) is 33.4 Å². The van der Waals surface area contributed by atoms with Crippen LogP contribution in [0.15, 0.2) is 122 Å². The summed E-state index contributed by atoms with van der Waals surface area (Å²) in [6, 6.07) is 28.1. The number of imide groups is 2. The predicted molar refractivity (Wildman–Crippen MR) is 237 cm³/mol. The summed E-state index contributed by atoms with van der Waals surface area (Å²) >= 11 is 0. The summed E-state index contributed by atoms with van der Waals surface area (Å²) in [6.07, 6.45) is 4.17. The Morgan fingerprint density at radius 1 is 0.594 bits per heavy atom. The molecule has 16 nitrogen and oxygen atoms in total. The SMILES string of the molecule is CN1C(=O)N(Cc2ccccc2)C(=O)C1Cc1ccc2[nH]cc(CC(N)OC(=O)/C=C\C(=O)OC(N)Cc3c[nH]c4ccc(CC5C(=O)N(Cc6ccccc6)C(=O)N5C)cc34)c2c1. The number of amides is 6. The molecule has 6 N–H and O–H groups in total. The fraction of sp³-hybridized carbons (Fsp3) is 0.250. The van der Waals surface area contributed by atoms with Crippen molar-refractivity contribution in [1.82, 2.24) is 29.6 Å². The summed E-state index contributed by atoms with van der Waals surface area (Å²) < 4.78 is 10.7. The highest BCUT2D eigenvalue weighted by Gasteiger charge is 2.44. The van der Waals surface area contributed by atoms with E-state index in [2.05, 4.69) is 9.97 Å². The Morgan fingerprint density at radius 2 is 0.984 bits per heavy atom. The molecular weight excluding hydrogens is 817 g/mol. The summed E-state index contributed by atoms with van der Waals surface area (Å²) in [7, 11) is 3.25. The first-order valence-corrected chi connectivity index (χ1v) is 20.9. The van der Waals surface area contributed by atoms with Crippen LogP contribution in [0.2, 0.25) is 0 Å². The Bertz CT molecular complexity index is 2580. The molecule has 0 aliphatic carbocycles. The van der Waals surface area contributed by atoms with E-state index in [1.54, 1.807) is 26.5 Å². The molecule has 0 spiro atoms. The average molecular weight is 865 g/mol. The molecule has 8 rings (SSSR count). The van der Waals surface area contributed by atoms with Gasteiger partial charge in [0.1, 0.15) is 12.1 Å². The van der Waals surface area contributed by atoms with Gasteiger partial charge in [-0.05, 0) is 57.6 Å². The minimum Gasteiger partial charge on any atom is -0.443 e. The lowest BCUT2D eigenvalue weighted by Gasteiger charge is -2.16. The van der Waals surface area contributed by atoms with E-state index in [9.17, 15) is 28.8 Å². The van der Waals surface area contributed by atoms with Crippen molar-refractivity contribution in [3.05, 3.63) is 155 Å². The van der Waals surface area contributed by atoms with E-state index in [4.69, 9.17) is 20.9 Å². The number of aromatic nitrogens is 2. The van der Waals surface area contributed by atoms with Crippen molar-refractivity contribution in [2.75, 3.05) is 14.1 Å². The number of fused-ring (bicyclic) bond motifs is 2. The monoisotopic (exact) mass is 864 g/mol. The van der Waals surface area contributed by atoms with E-state index >= 15 is 0 Å². The van der Waals surface area contributed by atoms with Gasteiger partial charge in [0.05, 0.1) is 13.1 Å².